The minimum atomic E-state index is 0.462. The molecule has 0 spiro atoms. The summed E-state index contributed by atoms with van der Waals surface area (Å²) in [5.74, 6) is 2.46. The van der Waals surface area contributed by atoms with Crippen molar-refractivity contribution in [2.45, 2.75) is 38.8 Å². The summed E-state index contributed by atoms with van der Waals surface area (Å²) in [4.78, 5) is 0. The molecule has 5 nitrogen and oxygen atoms in total. The molecule has 0 amide bonds. The van der Waals surface area contributed by atoms with E-state index in [9.17, 15) is 0 Å². The fourth-order valence-electron chi connectivity index (χ4n) is 2.10. The monoisotopic (exact) mass is 210 g/mol. The fraction of sp³-hybridized carbons (Fsp3) is 0.800. The number of rotatable bonds is 3. The lowest BCUT2D eigenvalue weighted by Gasteiger charge is -2.21. The third-order valence-electron chi connectivity index (χ3n) is 2.94. The molecule has 15 heavy (non-hydrogen) atoms. The van der Waals surface area contributed by atoms with E-state index in [1.807, 2.05) is 0 Å². The smallest absolute Gasteiger partial charge is 0.146 e. The predicted molar refractivity (Wildman–Crippen MR) is 56.4 cm³/mol. The predicted octanol–water partition coefficient (Wildman–Crippen LogP) is 0.651. The van der Waals surface area contributed by atoms with E-state index in [-0.39, 0.29) is 0 Å². The molecule has 0 atom stereocenters. The first-order chi connectivity index (χ1) is 7.36. The number of nitrogens with zero attached hydrogens (tertiary/aromatic N) is 3. The van der Waals surface area contributed by atoms with E-state index in [2.05, 4.69) is 21.7 Å². The number of aromatic nitrogens is 3. The van der Waals surface area contributed by atoms with Gasteiger partial charge in [-0.15, -0.1) is 10.2 Å². The van der Waals surface area contributed by atoms with Gasteiger partial charge in [-0.05, 0) is 19.8 Å². The molecule has 0 radical (unpaired) electrons. The van der Waals surface area contributed by atoms with Crippen LogP contribution >= 0.6 is 0 Å². The molecule has 0 aromatic carbocycles. The molecule has 1 aliphatic rings. The van der Waals surface area contributed by atoms with Crippen LogP contribution < -0.4 is 5.73 Å². The maximum atomic E-state index is 5.62. The Morgan fingerprint density at radius 2 is 2.13 bits per heavy atom. The van der Waals surface area contributed by atoms with Gasteiger partial charge in [0.2, 0.25) is 0 Å². The van der Waals surface area contributed by atoms with Crippen molar-refractivity contribution < 1.29 is 4.74 Å². The zero-order valence-electron chi connectivity index (χ0n) is 9.15. The van der Waals surface area contributed by atoms with Crippen LogP contribution in [0.1, 0.15) is 37.3 Å². The van der Waals surface area contributed by atoms with E-state index in [1.165, 1.54) is 0 Å². The number of hydrogen-bond acceptors (Lipinski definition) is 4. The standard InChI is InChI=1S/C10H18N4O/c1-2-14-9(7-11)12-13-10(14)8-3-5-15-6-4-8/h8H,2-7,11H2,1H3. The Hall–Kier alpha value is -0.940. The summed E-state index contributed by atoms with van der Waals surface area (Å²) < 4.78 is 7.48. The van der Waals surface area contributed by atoms with E-state index < -0.39 is 0 Å². The quantitative estimate of drug-likeness (QED) is 0.795. The zero-order valence-corrected chi connectivity index (χ0v) is 9.15. The highest BCUT2D eigenvalue weighted by Gasteiger charge is 2.22. The minimum absolute atomic E-state index is 0.462. The van der Waals surface area contributed by atoms with Crippen molar-refractivity contribution in [3.05, 3.63) is 11.6 Å². The first kappa shape index (κ1) is 10.6. The molecule has 1 fully saturated rings. The third kappa shape index (κ3) is 2.03. The average molecular weight is 210 g/mol. The van der Waals surface area contributed by atoms with Gasteiger partial charge in [0.05, 0.1) is 6.54 Å². The Bertz CT molecular complexity index is 317. The van der Waals surface area contributed by atoms with Crippen LogP contribution in [-0.4, -0.2) is 28.0 Å². The first-order valence-corrected chi connectivity index (χ1v) is 5.56. The van der Waals surface area contributed by atoms with Crippen LogP contribution in [-0.2, 0) is 17.8 Å². The van der Waals surface area contributed by atoms with Crippen molar-refractivity contribution in [1.29, 1.82) is 0 Å². The first-order valence-electron chi connectivity index (χ1n) is 5.56. The van der Waals surface area contributed by atoms with E-state index in [0.29, 0.717) is 12.5 Å². The van der Waals surface area contributed by atoms with E-state index in [1.54, 1.807) is 0 Å². The van der Waals surface area contributed by atoms with E-state index >= 15 is 0 Å². The molecule has 0 unspecified atom stereocenters. The summed E-state index contributed by atoms with van der Waals surface area (Å²) in [5, 5.41) is 8.39. The van der Waals surface area contributed by atoms with Crippen LogP contribution in [0, 0.1) is 0 Å². The van der Waals surface area contributed by atoms with Gasteiger partial charge >= 0.3 is 0 Å². The molecule has 2 rings (SSSR count). The summed E-state index contributed by atoms with van der Waals surface area (Å²) >= 11 is 0. The van der Waals surface area contributed by atoms with Crippen LogP contribution in [0.2, 0.25) is 0 Å². The Morgan fingerprint density at radius 1 is 1.40 bits per heavy atom. The Balaban J connectivity index is 2.22. The molecule has 1 aromatic rings. The third-order valence-corrected chi connectivity index (χ3v) is 2.94. The molecule has 0 bridgehead atoms. The molecule has 84 valence electrons. The maximum Gasteiger partial charge on any atom is 0.146 e. The number of hydrogen-bond donors (Lipinski definition) is 1. The normalized spacial score (nSPS) is 18.3. The lowest BCUT2D eigenvalue weighted by Crippen LogP contribution is -2.19. The lowest BCUT2D eigenvalue weighted by atomic mass is 9.99. The summed E-state index contributed by atoms with van der Waals surface area (Å²) in [7, 11) is 0. The van der Waals surface area contributed by atoms with Gasteiger partial charge < -0.3 is 15.0 Å². The average Bonchev–Trinajstić information content (AvgIpc) is 2.72. The van der Waals surface area contributed by atoms with E-state index in [0.717, 1.165) is 44.2 Å². The van der Waals surface area contributed by atoms with Crippen molar-refractivity contribution in [3.8, 4) is 0 Å². The van der Waals surface area contributed by atoms with Gasteiger partial charge in [0.25, 0.3) is 0 Å². The van der Waals surface area contributed by atoms with Gasteiger partial charge in [-0.25, -0.2) is 0 Å². The highest BCUT2D eigenvalue weighted by molar-refractivity contribution is 5.02. The van der Waals surface area contributed by atoms with Crippen LogP contribution in [0.3, 0.4) is 0 Å². The van der Waals surface area contributed by atoms with Crippen molar-refractivity contribution in [2.75, 3.05) is 13.2 Å². The van der Waals surface area contributed by atoms with Gasteiger partial charge in [0.1, 0.15) is 11.6 Å². The Kier molecular flexibility index (Phi) is 3.33. The molecule has 1 aliphatic heterocycles. The summed E-state index contributed by atoms with van der Waals surface area (Å²) in [6, 6.07) is 0. The molecular formula is C10H18N4O. The van der Waals surface area contributed by atoms with Crippen LogP contribution in [0.15, 0.2) is 0 Å². The van der Waals surface area contributed by atoms with Gasteiger partial charge in [0, 0.05) is 25.7 Å². The minimum Gasteiger partial charge on any atom is -0.381 e. The number of ether oxygens (including phenoxy) is 1. The highest BCUT2D eigenvalue weighted by atomic mass is 16.5. The van der Waals surface area contributed by atoms with Gasteiger partial charge in [-0.2, -0.15) is 0 Å². The molecule has 0 saturated carbocycles. The summed E-state index contributed by atoms with van der Waals surface area (Å²) in [5.41, 5.74) is 5.62. The second kappa shape index (κ2) is 4.72. The molecule has 5 heteroatoms. The molecule has 0 aliphatic carbocycles. The molecule has 2 N–H and O–H groups in total. The summed E-state index contributed by atoms with van der Waals surface area (Å²) in [6.07, 6.45) is 2.09. The second-order valence-electron chi connectivity index (χ2n) is 3.81. The largest absolute Gasteiger partial charge is 0.381 e. The van der Waals surface area contributed by atoms with Crippen LogP contribution in [0.25, 0.3) is 0 Å². The van der Waals surface area contributed by atoms with Crippen molar-refractivity contribution in [1.82, 2.24) is 14.8 Å². The van der Waals surface area contributed by atoms with Crippen molar-refractivity contribution in [3.63, 3.8) is 0 Å². The summed E-state index contributed by atoms with van der Waals surface area (Å²) in [6.45, 7) is 5.13. The Labute approximate surface area is 89.6 Å². The SMILES string of the molecule is CCn1c(CN)nnc1C1CCOCC1. The van der Waals surface area contributed by atoms with Crippen LogP contribution in [0.4, 0.5) is 0 Å². The van der Waals surface area contributed by atoms with Crippen LogP contribution in [0.5, 0.6) is 0 Å². The molecular weight excluding hydrogens is 192 g/mol. The highest BCUT2D eigenvalue weighted by Crippen LogP contribution is 2.25. The number of nitrogens with two attached hydrogens (primary N) is 1. The van der Waals surface area contributed by atoms with Gasteiger partial charge in [-0.3, -0.25) is 0 Å². The molecule has 1 saturated heterocycles. The van der Waals surface area contributed by atoms with Gasteiger partial charge in [-0.1, -0.05) is 0 Å². The Morgan fingerprint density at radius 3 is 2.73 bits per heavy atom. The van der Waals surface area contributed by atoms with E-state index in [4.69, 9.17) is 10.5 Å². The van der Waals surface area contributed by atoms with Gasteiger partial charge in [0.15, 0.2) is 0 Å². The molecule has 1 aromatic heterocycles. The maximum absolute atomic E-state index is 5.62. The fourth-order valence-corrected chi connectivity index (χ4v) is 2.10. The van der Waals surface area contributed by atoms with Crippen molar-refractivity contribution in [2.24, 2.45) is 5.73 Å². The zero-order chi connectivity index (χ0) is 10.7. The topological polar surface area (TPSA) is 66.0 Å². The molecule has 2 heterocycles. The van der Waals surface area contributed by atoms with Crippen molar-refractivity contribution >= 4 is 0 Å². The second-order valence-corrected chi connectivity index (χ2v) is 3.81. The lowest BCUT2D eigenvalue weighted by molar-refractivity contribution is 0.0827.